The Labute approximate surface area is 184 Å². The molecule has 0 radical (unpaired) electrons. The SMILES string of the molecule is CCc1ccc(S(=O)(=O)N2CCCC2c2nnc(C(=O)Nc3cccc(F)c3)s2)cc1. The first-order valence-electron chi connectivity index (χ1n) is 9.89. The van der Waals surface area contributed by atoms with Gasteiger partial charge in [-0.25, -0.2) is 12.8 Å². The topological polar surface area (TPSA) is 92.3 Å². The summed E-state index contributed by atoms with van der Waals surface area (Å²) in [6.07, 6.45) is 2.13. The van der Waals surface area contributed by atoms with Gasteiger partial charge in [0.25, 0.3) is 5.91 Å². The minimum atomic E-state index is -3.70. The lowest BCUT2D eigenvalue weighted by Crippen LogP contribution is -2.30. The molecule has 0 aliphatic carbocycles. The molecule has 1 unspecified atom stereocenters. The highest BCUT2D eigenvalue weighted by Crippen LogP contribution is 2.37. The zero-order chi connectivity index (χ0) is 22.0. The molecule has 0 spiro atoms. The number of benzene rings is 2. The number of nitrogens with one attached hydrogen (secondary N) is 1. The van der Waals surface area contributed by atoms with Crippen molar-refractivity contribution in [1.82, 2.24) is 14.5 Å². The minimum absolute atomic E-state index is 0.0933. The lowest BCUT2D eigenvalue weighted by atomic mass is 10.2. The van der Waals surface area contributed by atoms with Gasteiger partial charge in [0.15, 0.2) is 0 Å². The van der Waals surface area contributed by atoms with Gasteiger partial charge in [0, 0.05) is 12.2 Å². The summed E-state index contributed by atoms with van der Waals surface area (Å²) in [5, 5.41) is 11.2. The summed E-state index contributed by atoms with van der Waals surface area (Å²) in [7, 11) is -3.70. The van der Waals surface area contributed by atoms with E-state index in [2.05, 4.69) is 15.5 Å². The normalized spacial score (nSPS) is 17.0. The highest BCUT2D eigenvalue weighted by atomic mass is 32.2. The molecule has 162 valence electrons. The Morgan fingerprint density at radius 1 is 1.23 bits per heavy atom. The zero-order valence-corrected chi connectivity index (χ0v) is 18.4. The van der Waals surface area contributed by atoms with E-state index in [1.165, 1.54) is 22.5 Å². The Balaban J connectivity index is 1.54. The molecule has 7 nitrogen and oxygen atoms in total. The average molecular weight is 461 g/mol. The Hall–Kier alpha value is -2.69. The van der Waals surface area contributed by atoms with Crippen molar-refractivity contribution in [2.24, 2.45) is 0 Å². The molecule has 1 saturated heterocycles. The number of aromatic nitrogens is 2. The maximum absolute atomic E-state index is 13.3. The maximum Gasteiger partial charge on any atom is 0.286 e. The van der Waals surface area contributed by atoms with Gasteiger partial charge in [0.1, 0.15) is 10.8 Å². The molecule has 2 aromatic carbocycles. The molecular weight excluding hydrogens is 439 g/mol. The summed E-state index contributed by atoms with van der Waals surface area (Å²) in [4.78, 5) is 12.7. The second-order valence-corrected chi connectivity index (χ2v) is 10.1. The molecule has 2 heterocycles. The predicted molar refractivity (Wildman–Crippen MR) is 116 cm³/mol. The molecule has 1 aliphatic rings. The highest BCUT2D eigenvalue weighted by molar-refractivity contribution is 7.89. The van der Waals surface area contributed by atoms with Crippen LogP contribution in [0.3, 0.4) is 0 Å². The molecule has 1 N–H and O–H groups in total. The summed E-state index contributed by atoms with van der Waals surface area (Å²) >= 11 is 1.05. The Bertz CT molecular complexity index is 1200. The number of amides is 1. The minimum Gasteiger partial charge on any atom is -0.320 e. The van der Waals surface area contributed by atoms with Crippen LogP contribution in [0.5, 0.6) is 0 Å². The summed E-state index contributed by atoms with van der Waals surface area (Å²) in [5.74, 6) is -0.980. The summed E-state index contributed by atoms with van der Waals surface area (Å²) in [6.45, 7) is 2.39. The molecule has 1 amide bonds. The van der Waals surface area contributed by atoms with E-state index in [9.17, 15) is 17.6 Å². The van der Waals surface area contributed by atoms with E-state index in [1.54, 1.807) is 18.2 Å². The van der Waals surface area contributed by atoms with Crippen LogP contribution >= 0.6 is 11.3 Å². The second-order valence-electron chi connectivity index (χ2n) is 7.18. The van der Waals surface area contributed by atoms with E-state index in [4.69, 9.17) is 0 Å². The van der Waals surface area contributed by atoms with Crippen LogP contribution < -0.4 is 5.32 Å². The fourth-order valence-corrected chi connectivity index (χ4v) is 6.13. The fraction of sp³-hybridized carbons (Fsp3) is 0.286. The molecule has 1 fully saturated rings. The molecule has 1 aliphatic heterocycles. The van der Waals surface area contributed by atoms with E-state index in [0.29, 0.717) is 30.1 Å². The molecule has 0 bridgehead atoms. The number of aryl methyl sites for hydroxylation is 1. The van der Waals surface area contributed by atoms with Crippen LogP contribution in [0.1, 0.15) is 46.2 Å². The van der Waals surface area contributed by atoms with Crippen molar-refractivity contribution in [3.8, 4) is 0 Å². The van der Waals surface area contributed by atoms with E-state index in [0.717, 1.165) is 23.3 Å². The number of halogens is 1. The average Bonchev–Trinajstić information content (AvgIpc) is 3.43. The summed E-state index contributed by atoms with van der Waals surface area (Å²) in [5.41, 5.74) is 1.37. The van der Waals surface area contributed by atoms with E-state index in [-0.39, 0.29) is 9.90 Å². The standard InChI is InChI=1S/C21H21FN4O3S2/c1-2-14-8-10-17(11-9-14)31(28,29)26-12-4-7-18(26)20-24-25-21(30-20)19(27)23-16-6-3-5-15(22)13-16/h3,5-6,8-11,13,18H,2,4,7,12H2,1H3,(H,23,27). The van der Waals surface area contributed by atoms with Gasteiger partial charge >= 0.3 is 0 Å². The zero-order valence-electron chi connectivity index (χ0n) is 16.8. The third-order valence-corrected chi connectivity index (χ3v) is 8.09. The third-order valence-electron chi connectivity index (χ3n) is 5.14. The highest BCUT2D eigenvalue weighted by Gasteiger charge is 2.38. The van der Waals surface area contributed by atoms with Crippen molar-refractivity contribution >= 4 is 33.0 Å². The van der Waals surface area contributed by atoms with Crippen molar-refractivity contribution in [1.29, 1.82) is 0 Å². The van der Waals surface area contributed by atoms with Crippen molar-refractivity contribution < 1.29 is 17.6 Å². The van der Waals surface area contributed by atoms with Crippen molar-refractivity contribution in [2.75, 3.05) is 11.9 Å². The Kier molecular flexibility index (Phi) is 6.12. The van der Waals surface area contributed by atoms with Crippen LogP contribution in [0.2, 0.25) is 0 Å². The van der Waals surface area contributed by atoms with Gasteiger partial charge < -0.3 is 5.32 Å². The number of carbonyl (C=O) groups excluding carboxylic acids is 1. The molecule has 1 atom stereocenters. The smallest absolute Gasteiger partial charge is 0.286 e. The molecule has 10 heteroatoms. The quantitative estimate of drug-likeness (QED) is 0.600. The van der Waals surface area contributed by atoms with Crippen molar-refractivity contribution in [3.63, 3.8) is 0 Å². The van der Waals surface area contributed by atoms with Gasteiger partial charge in [-0.3, -0.25) is 4.79 Å². The maximum atomic E-state index is 13.3. The van der Waals surface area contributed by atoms with Gasteiger partial charge in [0.2, 0.25) is 15.0 Å². The number of carbonyl (C=O) groups is 1. The van der Waals surface area contributed by atoms with E-state index < -0.39 is 27.8 Å². The number of rotatable bonds is 6. The third kappa shape index (κ3) is 4.51. The summed E-state index contributed by atoms with van der Waals surface area (Å²) in [6, 6.07) is 12.0. The molecule has 4 rings (SSSR count). The lowest BCUT2D eigenvalue weighted by molar-refractivity contribution is 0.102. The monoisotopic (exact) mass is 460 g/mol. The summed E-state index contributed by atoms with van der Waals surface area (Å²) < 4.78 is 41.2. The van der Waals surface area contributed by atoms with Crippen molar-refractivity contribution in [3.05, 3.63) is 69.9 Å². The van der Waals surface area contributed by atoms with Crippen LogP contribution in [-0.2, 0) is 16.4 Å². The number of nitrogens with zero attached hydrogens (tertiary/aromatic N) is 3. The Morgan fingerprint density at radius 2 is 2.00 bits per heavy atom. The first-order valence-corrected chi connectivity index (χ1v) is 12.1. The molecule has 31 heavy (non-hydrogen) atoms. The molecular formula is C21H21FN4O3S2. The van der Waals surface area contributed by atoms with Gasteiger partial charge in [-0.2, -0.15) is 4.31 Å². The first kappa shape index (κ1) is 21.5. The van der Waals surface area contributed by atoms with Crippen molar-refractivity contribution in [2.45, 2.75) is 37.1 Å². The van der Waals surface area contributed by atoms with Crippen LogP contribution in [0.25, 0.3) is 0 Å². The number of hydrogen-bond donors (Lipinski definition) is 1. The number of sulfonamides is 1. The van der Waals surface area contributed by atoms with E-state index in [1.807, 2.05) is 19.1 Å². The van der Waals surface area contributed by atoms with Gasteiger partial charge in [-0.15, -0.1) is 10.2 Å². The van der Waals surface area contributed by atoms with E-state index >= 15 is 0 Å². The van der Waals surface area contributed by atoms with Crippen LogP contribution in [0, 0.1) is 5.82 Å². The van der Waals surface area contributed by atoms with Crippen LogP contribution in [0.15, 0.2) is 53.4 Å². The fourth-order valence-electron chi connectivity index (χ4n) is 3.52. The van der Waals surface area contributed by atoms with Gasteiger partial charge in [0.05, 0.1) is 10.9 Å². The van der Waals surface area contributed by atoms with Crippen LogP contribution in [0.4, 0.5) is 10.1 Å². The number of anilines is 1. The molecule has 1 aromatic heterocycles. The molecule has 0 saturated carbocycles. The lowest BCUT2D eigenvalue weighted by Gasteiger charge is -2.22. The Morgan fingerprint density at radius 3 is 2.71 bits per heavy atom. The first-order chi connectivity index (χ1) is 14.9. The van der Waals surface area contributed by atoms with Crippen LogP contribution in [-0.4, -0.2) is 35.4 Å². The van der Waals surface area contributed by atoms with Gasteiger partial charge in [-0.05, 0) is 55.2 Å². The van der Waals surface area contributed by atoms with Gasteiger partial charge in [-0.1, -0.05) is 36.5 Å². The number of hydrogen-bond acceptors (Lipinski definition) is 6. The molecule has 3 aromatic rings. The predicted octanol–water partition coefficient (Wildman–Crippen LogP) is 4.02. The largest absolute Gasteiger partial charge is 0.320 e. The second kappa shape index (κ2) is 8.81.